The summed E-state index contributed by atoms with van der Waals surface area (Å²) in [4.78, 5) is 12.2. The van der Waals surface area contributed by atoms with Crippen molar-refractivity contribution in [1.82, 2.24) is 5.32 Å². The minimum absolute atomic E-state index is 0.0452. The molecule has 0 radical (unpaired) electrons. The summed E-state index contributed by atoms with van der Waals surface area (Å²) < 4.78 is 5.12. The highest BCUT2D eigenvalue weighted by atomic mass is 16.3. The molecule has 0 bridgehead atoms. The first kappa shape index (κ1) is 12.9. The van der Waals surface area contributed by atoms with Crippen LogP contribution in [0.4, 0.5) is 0 Å². The van der Waals surface area contributed by atoms with Crippen LogP contribution in [0.25, 0.3) is 0 Å². The van der Waals surface area contributed by atoms with E-state index < -0.39 is 0 Å². The third kappa shape index (κ3) is 2.34. The summed E-state index contributed by atoms with van der Waals surface area (Å²) >= 11 is 0. The third-order valence-corrected chi connectivity index (χ3v) is 3.91. The van der Waals surface area contributed by atoms with Crippen LogP contribution in [0.2, 0.25) is 0 Å². The maximum Gasteiger partial charge on any atom is 0.287 e. The van der Waals surface area contributed by atoms with E-state index in [1.165, 1.54) is 11.8 Å². The van der Waals surface area contributed by atoms with Gasteiger partial charge in [-0.05, 0) is 36.1 Å². The van der Waals surface area contributed by atoms with Gasteiger partial charge in [-0.2, -0.15) is 0 Å². The largest absolute Gasteiger partial charge is 0.459 e. The monoisotopic (exact) mass is 271 g/mol. The lowest BCUT2D eigenvalue weighted by atomic mass is 9.80. The molecule has 4 heteroatoms. The Bertz CT molecular complexity index is 592. The lowest BCUT2D eigenvalue weighted by molar-refractivity contribution is 0.0865. The lowest BCUT2D eigenvalue weighted by Gasteiger charge is -2.33. The molecule has 0 spiro atoms. The number of aliphatic hydroxyl groups is 1. The molecule has 0 saturated carbocycles. The molecule has 1 aromatic carbocycles. The molecule has 0 fully saturated rings. The molecule has 104 valence electrons. The standard InChI is InChI=1S/C16H17NO3/c18-10-12-8-7-11-4-1-2-5-13(11)15(12)17-16(19)14-6-3-9-20-14/h1-6,9,12,15,18H,7-8,10H2,(H,17,19)/t12-,15+/m0/s1. The van der Waals surface area contributed by atoms with Crippen LogP contribution in [-0.4, -0.2) is 17.6 Å². The molecule has 1 aromatic heterocycles. The first-order valence-electron chi connectivity index (χ1n) is 6.82. The maximum absolute atomic E-state index is 12.2. The second-order valence-electron chi connectivity index (χ2n) is 5.11. The van der Waals surface area contributed by atoms with Gasteiger partial charge in [0.15, 0.2) is 5.76 Å². The summed E-state index contributed by atoms with van der Waals surface area (Å²) in [6.07, 6.45) is 3.29. The normalized spacial score (nSPS) is 21.2. The number of aliphatic hydroxyl groups excluding tert-OH is 1. The van der Waals surface area contributed by atoms with Crippen molar-refractivity contribution in [3.63, 3.8) is 0 Å². The van der Waals surface area contributed by atoms with Crippen molar-refractivity contribution in [2.45, 2.75) is 18.9 Å². The van der Waals surface area contributed by atoms with Gasteiger partial charge in [-0.25, -0.2) is 0 Å². The quantitative estimate of drug-likeness (QED) is 0.900. The van der Waals surface area contributed by atoms with E-state index in [1.807, 2.05) is 18.2 Å². The Kier molecular flexibility index (Phi) is 3.56. The van der Waals surface area contributed by atoms with Gasteiger partial charge in [0, 0.05) is 12.5 Å². The van der Waals surface area contributed by atoms with Crippen LogP contribution in [0.15, 0.2) is 47.1 Å². The summed E-state index contributed by atoms with van der Waals surface area (Å²) in [5.41, 5.74) is 2.33. The fourth-order valence-corrected chi connectivity index (χ4v) is 2.84. The Labute approximate surface area is 117 Å². The van der Waals surface area contributed by atoms with Gasteiger partial charge < -0.3 is 14.8 Å². The Morgan fingerprint density at radius 1 is 1.30 bits per heavy atom. The summed E-state index contributed by atoms with van der Waals surface area (Å²) in [5.74, 6) is 0.101. The van der Waals surface area contributed by atoms with E-state index in [4.69, 9.17) is 4.42 Å². The van der Waals surface area contributed by atoms with Crippen molar-refractivity contribution in [3.8, 4) is 0 Å². The van der Waals surface area contributed by atoms with E-state index in [2.05, 4.69) is 11.4 Å². The Morgan fingerprint density at radius 3 is 2.90 bits per heavy atom. The molecule has 2 aromatic rings. The second kappa shape index (κ2) is 5.51. The molecule has 2 atom stereocenters. The maximum atomic E-state index is 12.2. The summed E-state index contributed by atoms with van der Waals surface area (Å²) in [5, 5.41) is 12.5. The summed E-state index contributed by atoms with van der Waals surface area (Å²) in [6.45, 7) is 0.0669. The number of rotatable bonds is 3. The van der Waals surface area contributed by atoms with Gasteiger partial charge >= 0.3 is 0 Å². The van der Waals surface area contributed by atoms with Crippen LogP contribution in [0.5, 0.6) is 0 Å². The zero-order valence-corrected chi connectivity index (χ0v) is 11.1. The van der Waals surface area contributed by atoms with Gasteiger partial charge in [-0.3, -0.25) is 4.79 Å². The minimum Gasteiger partial charge on any atom is -0.459 e. The zero-order chi connectivity index (χ0) is 13.9. The van der Waals surface area contributed by atoms with Crippen LogP contribution in [0.1, 0.15) is 34.1 Å². The van der Waals surface area contributed by atoms with Gasteiger partial charge in [-0.1, -0.05) is 24.3 Å². The number of carbonyl (C=O) groups is 1. The molecule has 3 rings (SSSR count). The molecule has 2 N–H and O–H groups in total. The highest BCUT2D eigenvalue weighted by Gasteiger charge is 2.30. The van der Waals surface area contributed by atoms with Gasteiger partial charge in [0.1, 0.15) is 0 Å². The number of carbonyl (C=O) groups excluding carboxylic acids is 1. The van der Waals surface area contributed by atoms with Crippen molar-refractivity contribution in [2.24, 2.45) is 5.92 Å². The first-order valence-corrected chi connectivity index (χ1v) is 6.82. The Hall–Kier alpha value is -2.07. The van der Waals surface area contributed by atoms with Crippen molar-refractivity contribution in [3.05, 3.63) is 59.5 Å². The van der Waals surface area contributed by atoms with Crippen molar-refractivity contribution >= 4 is 5.91 Å². The van der Waals surface area contributed by atoms with Crippen molar-refractivity contribution in [1.29, 1.82) is 0 Å². The highest BCUT2D eigenvalue weighted by Crippen LogP contribution is 2.34. The smallest absolute Gasteiger partial charge is 0.287 e. The molecular formula is C16H17NO3. The van der Waals surface area contributed by atoms with Crippen molar-refractivity contribution in [2.75, 3.05) is 6.61 Å². The van der Waals surface area contributed by atoms with E-state index >= 15 is 0 Å². The van der Waals surface area contributed by atoms with E-state index in [0.717, 1.165) is 18.4 Å². The number of hydrogen-bond donors (Lipinski definition) is 2. The molecule has 1 heterocycles. The fourth-order valence-electron chi connectivity index (χ4n) is 2.84. The highest BCUT2D eigenvalue weighted by molar-refractivity contribution is 5.91. The number of hydrogen-bond acceptors (Lipinski definition) is 3. The first-order chi connectivity index (χ1) is 9.79. The Morgan fingerprint density at radius 2 is 2.15 bits per heavy atom. The Balaban J connectivity index is 1.87. The molecular weight excluding hydrogens is 254 g/mol. The van der Waals surface area contributed by atoms with Gasteiger partial charge in [0.2, 0.25) is 0 Å². The molecule has 0 saturated heterocycles. The number of amides is 1. The number of fused-ring (bicyclic) bond motifs is 1. The predicted octanol–water partition coefficient (Wildman–Crippen LogP) is 2.31. The zero-order valence-electron chi connectivity index (χ0n) is 11.1. The van der Waals surface area contributed by atoms with Crippen LogP contribution in [-0.2, 0) is 6.42 Å². The van der Waals surface area contributed by atoms with Crippen molar-refractivity contribution < 1.29 is 14.3 Å². The van der Waals surface area contributed by atoms with Gasteiger partial charge in [-0.15, -0.1) is 0 Å². The van der Waals surface area contributed by atoms with E-state index in [1.54, 1.807) is 12.1 Å². The summed E-state index contributed by atoms with van der Waals surface area (Å²) in [6, 6.07) is 11.2. The SMILES string of the molecule is O=C(N[C@H]1c2ccccc2CC[C@H]1CO)c1ccco1. The average molecular weight is 271 g/mol. The summed E-state index contributed by atoms with van der Waals surface area (Å²) in [7, 11) is 0. The molecule has 1 aliphatic carbocycles. The van der Waals surface area contributed by atoms with Crippen LogP contribution < -0.4 is 5.32 Å². The molecule has 20 heavy (non-hydrogen) atoms. The number of furan rings is 1. The van der Waals surface area contributed by atoms with Gasteiger partial charge in [0.25, 0.3) is 5.91 Å². The molecule has 1 aliphatic rings. The second-order valence-corrected chi connectivity index (χ2v) is 5.11. The molecule has 0 aliphatic heterocycles. The number of aryl methyl sites for hydroxylation is 1. The van der Waals surface area contributed by atoms with E-state index in [-0.39, 0.29) is 24.5 Å². The number of benzene rings is 1. The van der Waals surface area contributed by atoms with Crippen LogP contribution in [0.3, 0.4) is 0 Å². The number of nitrogens with one attached hydrogen (secondary N) is 1. The van der Waals surface area contributed by atoms with E-state index in [9.17, 15) is 9.90 Å². The van der Waals surface area contributed by atoms with Gasteiger partial charge in [0.05, 0.1) is 12.3 Å². The van der Waals surface area contributed by atoms with E-state index in [0.29, 0.717) is 5.76 Å². The predicted molar refractivity (Wildman–Crippen MR) is 74.3 cm³/mol. The molecule has 1 amide bonds. The van der Waals surface area contributed by atoms with Crippen LogP contribution >= 0.6 is 0 Å². The molecule has 4 nitrogen and oxygen atoms in total. The third-order valence-electron chi connectivity index (χ3n) is 3.91. The minimum atomic E-state index is -0.241. The van der Waals surface area contributed by atoms with Crippen LogP contribution in [0, 0.1) is 5.92 Å². The average Bonchev–Trinajstić information content (AvgIpc) is 3.02. The fraction of sp³-hybridized carbons (Fsp3) is 0.312. The lowest BCUT2D eigenvalue weighted by Crippen LogP contribution is -2.37. The topological polar surface area (TPSA) is 62.5 Å². The molecule has 0 unspecified atom stereocenters.